The van der Waals surface area contributed by atoms with Crippen LogP contribution >= 0.6 is 15.9 Å². The van der Waals surface area contributed by atoms with Crippen molar-refractivity contribution in [2.45, 2.75) is 13.0 Å². The topological polar surface area (TPSA) is 92.5 Å². The van der Waals surface area contributed by atoms with E-state index in [4.69, 9.17) is 5.11 Å². The molecule has 0 spiro atoms. The number of nitrogens with one attached hydrogen (secondary N) is 1. The second-order valence-electron chi connectivity index (χ2n) is 3.51. The Hall–Kier alpha value is -1.47. The van der Waals surface area contributed by atoms with Gasteiger partial charge in [0.2, 0.25) is 0 Å². The molecule has 1 atom stereocenters. The maximum Gasteiger partial charge on any atom is 0.271 e. The van der Waals surface area contributed by atoms with Gasteiger partial charge in [-0.15, -0.1) is 0 Å². The maximum absolute atomic E-state index is 11.6. The predicted molar refractivity (Wildman–Crippen MR) is 64.8 cm³/mol. The van der Waals surface area contributed by atoms with E-state index in [9.17, 15) is 14.9 Å². The fraction of sp³-hybridized carbons (Fsp3) is 0.300. The van der Waals surface area contributed by atoms with Crippen molar-refractivity contribution < 1.29 is 14.8 Å². The molecule has 1 amide bonds. The van der Waals surface area contributed by atoms with Crippen LogP contribution < -0.4 is 5.32 Å². The van der Waals surface area contributed by atoms with Gasteiger partial charge in [-0.3, -0.25) is 14.9 Å². The van der Waals surface area contributed by atoms with Crippen molar-refractivity contribution >= 4 is 27.5 Å². The minimum Gasteiger partial charge on any atom is -0.392 e. The zero-order valence-corrected chi connectivity index (χ0v) is 10.6. The smallest absolute Gasteiger partial charge is 0.271 e. The number of carbonyl (C=O) groups is 1. The number of carbonyl (C=O) groups excluding carboxylic acids is 1. The van der Waals surface area contributed by atoms with Crippen LogP contribution in [0, 0.1) is 10.1 Å². The summed E-state index contributed by atoms with van der Waals surface area (Å²) in [6.07, 6.45) is -0.666. The standard InChI is InChI=1S/C10H11BrN2O4/c1-6(14)5-12-10(15)7-2-8(11)4-9(3-7)13(16)17/h2-4,6,14H,5H2,1H3,(H,12,15). The first kappa shape index (κ1) is 13.6. The maximum atomic E-state index is 11.6. The molecule has 7 heteroatoms. The van der Waals surface area contributed by atoms with E-state index >= 15 is 0 Å². The molecule has 0 aromatic heterocycles. The van der Waals surface area contributed by atoms with Crippen molar-refractivity contribution in [1.29, 1.82) is 0 Å². The molecule has 0 fully saturated rings. The molecule has 0 bridgehead atoms. The molecule has 1 unspecified atom stereocenters. The summed E-state index contributed by atoms with van der Waals surface area (Å²) in [4.78, 5) is 21.6. The first-order valence-electron chi connectivity index (χ1n) is 4.81. The predicted octanol–water partition coefficient (Wildman–Crippen LogP) is 1.47. The number of nitro groups is 1. The van der Waals surface area contributed by atoms with E-state index in [1.165, 1.54) is 25.1 Å². The van der Waals surface area contributed by atoms with Gasteiger partial charge in [-0.1, -0.05) is 15.9 Å². The Labute approximate surface area is 106 Å². The SMILES string of the molecule is CC(O)CNC(=O)c1cc(Br)cc([N+](=O)[O-])c1. The van der Waals surface area contributed by atoms with E-state index < -0.39 is 16.9 Å². The van der Waals surface area contributed by atoms with E-state index in [1.54, 1.807) is 0 Å². The molecule has 0 radical (unpaired) electrons. The lowest BCUT2D eigenvalue weighted by Gasteiger charge is -2.07. The Morgan fingerprint density at radius 2 is 2.24 bits per heavy atom. The van der Waals surface area contributed by atoms with Crippen molar-refractivity contribution in [1.82, 2.24) is 5.32 Å². The van der Waals surface area contributed by atoms with Gasteiger partial charge < -0.3 is 10.4 Å². The van der Waals surface area contributed by atoms with Gasteiger partial charge in [0.05, 0.1) is 11.0 Å². The molecule has 0 aliphatic carbocycles. The molecule has 1 aromatic carbocycles. The highest BCUT2D eigenvalue weighted by Crippen LogP contribution is 2.21. The Balaban J connectivity index is 2.90. The highest BCUT2D eigenvalue weighted by Gasteiger charge is 2.13. The third-order valence-electron chi connectivity index (χ3n) is 1.91. The lowest BCUT2D eigenvalue weighted by molar-refractivity contribution is -0.385. The van der Waals surface area contributed by atoms with Gasteiger partial charge in [0.25, 0.3) is 11.6 Å². The van der Waals surface area contributed by atoms with Gasteiger partial charge in [0.1, 0.15) is 0 Å². The first-order valence-corrected chi connectivity index (χ1v) is 5.60. The molecule has 0 aliphatic rings. The van der Waals surface area contributed by atoms with Crippen LogP contribution in [0.2, 0.25) is 0 Å². The largest absolute Gasteiger partial charge is 0.392 e. The Morgan fingerprint density at radius 3 is 2.76 bits per heavy atom. The van der Waals surface area contributed by atoms with Crippen LogP contribution in [-0.2, 0) is 0 Å². The molecule has 17 heavy (non-hydrogen) atoms. The molecule has 2 N–H and O–H groups in total. The van der Waals surface area contributed by atoms with Crippen LogP contribution in [0.1, 0.15) is 17.3 Å². The minimum atomic E-state index is -0.666. The third-order valence-corrected chi connectivity index (χ3v) is 2.37. The fourth-order valence-corrected chi connectivity index (χ4v) is 1.63. The van der Waals surface area contributed by atoms with Gasteiger partial charge in [0.15, 0.2) is 0 Å². The molecule has 1 rings (SSSR count). The lowest BCUT2D eigenvalue weighted by Crippen LogP contribution is -2.30. The molecule has 0 saturated carbocycles. The van der Waals surface area contributed by atoms with Crippen molar-refractivity contribution in [2.24, 2.45) is 0 Å². The molecule has 1 aromatic rings. The van der Waals surface area contributed by atoms with Crippen LogP contribution in [0.25, 0.3) is 0 Å². The van der Waals surface area contributed by atoms with Crippen LogP contribution in [-0.4, -0.2) is 28.6 Å². The van der Waals surface area contributed by atoms with Crippen LogP contribution in [0.4, 0.5) is 5.69 Å². The number of aliphatic hydroxyl groups excluding tert-OH is 1. The summed E-state index contributed by atoms with van der Waals surface area (Å²) in [5.74, 6) is -0.463. The third kappa shape index (κ3) is 4.12. The highest BCUT2D eigenvalue weighted by atomic mass is 79.9. The van der Waals surface area contributed by atoms with Gasteiger partial charge in [0, 0.05) is 28.7 Å². The minimum absolute atomic E-state index is 0.0964. The van der Waals surface area contributed by atoms with Gasteiger partial charge in [-0.25, -0.2) is 0 Å². The van der Waals surface area contributed by atoms with Gasteiger partial charge >= 0.3 is 0 Å². The summed E-state index contributed by atoms with van der Waals surface area (Å²) < 4.78 is 0.453. The van der Waals surface area contributed by atoms with Crippen LogP contribution in [0.3, 0.4) is 0 Å². The Bertz CT molecular complexity index is 448. The summed E-state index contributed by atoms with van der Waals surface area (Å²) in [7, 11) is 0. The zero-order chi connectivity index (χ0) is 13.0. The lowest BCUT2D eigenvalue weighted by atomic mass is 10.2. The number of hydrogen-bond acceptors (Lipinski definition) is 4. The number of hydrogen-bond donors (Lipinski definition) is 2. The molecule has 0 heterocycles. The summed E-state index contributed by atoms with van der Waals surface area (Å²) in [6.45, 7) is 1.63. The van der Waals surface area contributed by atoms with Crippen molar-refractivity contribution in [3.05, 3.63) is 38.3 Å². The molecular formula is C10H11BrN2O4. The summed E-state index contributed by atoms with van der Waals surface area (Å²) in [5.41, 5.74) is 0.00768. The van der Waals surface area contributed by atoms with Crippen molar-refractivity contribution in [2.75, 3.05) is 6.54 Å². The van der Waals surface area contributed by atoms with E-state index in [-0.39, 0.29) is 17.8 Å². The molecule has 0 aliphatic heterocycles. The quantitative estimate of drug-likeness (QED) is 0.650. The highest BCUT2D eigenvalue weighted by molar-refractivity contribution is 9.10. The number of nitro benzene ring substituents is 1. The van der Waals surface area contributed by atoms with Gasteiger partial charge in [-0.2, -0.15) is 0 Å². The summed E-state index contributed by atoms with van der Waals surface area (Å²) in [6, 6.07) is 3.97. The molecule has 0 saturated heterocycles. The number of non-ortho nitro benzene ring substituents is 1. The van der Waals surface area contributed by atoms with Gasteiger partial charge in [-0.05, 0) is 13.0 Å². The number of amides is 1. The second kappa shape index (κ2) is 5.74. The number of benzene rings is 1. The van der Waals surface area contributed by atoms with E-state index in [0.717, 1.165) is 0 Å². The Morgan fingerprint density at radius 1 is 1.59 bits per heavy atom. The number of halogens is 1. The average Bonchev–Trinajstić information content (AvgIpc) is 2.24. The van der Waals surface area contributed by atoms with Crippen molar-refractivity contribution in [3.8, 4) is 0 Å². The molecular weight excluding hydrogens is 292 g/mol. The summed E-state index contributed by atoms with van der Waals surface area (Å²) in [5, 5.41) is 22.1. The van der Waals surface area contributed by atoms with Crippen LogP contribution in [0.15, 0.2) is 22.7 Å². The average molecular weight is 303 g/mol. The van der Waals surface area contributed by atoms with E-state index in [2.05, 4.69) is 21.2 Å². The number of nitrogens with zero attached hydrogens (tertiary/aromatic N) is 1. The fourth-order valence-electron chi connectivity index (χ4n) is 1.15. The van der Waals surface area contributed by atoms with Crippen LogP contribution in [0.5, 0.6) is 0 Å². The number of aliphatic hydroxyl groups is 1. The molecule has 92 valence electrons. The molecule has 6 nitrogen and oxygen atoms in total. The Kier molecular flexibility index (Phi) is 4.59. The first-order chi connectivity index (χ1) is 7.90. The summed E-state index contributed by atoms with van der Waals surface area (Å²) >= 11 is 3.10. The van der Waals surface area contributed by atoms with E-state index in [1.807, 2.05) is 0 Å². The normalized spacial score (nSPS) is 11.9. The zero-order valence-electron chi connectivity index (χ0n) is 9.01. The van der Waals surface area contributed by atoms with E-state index in [0.29, 0.717) is 4.47 Å². The monoisotopic (exact) mass is 302 g/mol. The second-order valence-corrected chi connectivity index (χ2v) is 4.43. The van der Waals surface area contributed by atoms with Crippen molar-refractivity contribution in [3.63, 3.8) is 0 Å². The number of rotatable bonds is 4.